The van der Waals surface area contributed by atoms with E-state index in [2.05, 4.69) is 20.8 Å². The van der Waals surface area contributed by atoms with Gasteiger partial charge in [-0.3, -0.25) is 4.79 Å². The monoisotopic (exact) mass is 290 g/mol. The van der Waals surface area contributed by atoms with Gasteiger partial charge >= 0.3 is 0 Å². The fraction of sp³-hybridized carbons (Fsp3) is 0.235. The van der Waals surface area contributed by atoms with Crippen LogP contribution < -0.4 is 0 Å². The smallest absolute Gasteiger partial charge is 0.194 e. The molecule has 3 heteroatoms. The Morgan fingerprint density at radius 1 is 1.05 bits per heavy atom. The van der Waals surface area contributed by atoms with E-state index in [0.29, 0.717) is 5.56 Å². The average Bonchev–Trinajstić information content (AvgIpc) is 2.40. The lowest BCUT2D eigenvalue weighted by molar-refractivity contribution is 0.103. The van der Waals surface area contributed by atoms with Crippen LogP contribution in [0, 0.1) is 5.82 Å². The molecule has 0 aliphatic rings. The van der Waals surface area contributed by atoms with E-state index in [1.165, 1.54) is 18.2 Å². The summed E-state index contributed by atoms with van der Waals surface area (Å²) < 4.78 is 13.2. The van der Waals surface area contributed by atoms with Gasteiger partial charge in [-0.25, -0.2) is 4.39 Å². The van der Waals surface area contributed by atoms with Crippen molar-refractivity contribution in [1.82, 2.24) is 0 Å². The van der Waals surface area contributed by atoms with Gasteiger partial charge in [0.1, 0.15) is 5.82 Å². The van der Waals surface area contributed by atoms with Crippen molar-refractivity contribution in [2.24, 2.45) is 0 Å². The van der Waals surface area contributed by atoms with Crippen LogP contribution >= 0.6 is 11.6 Å². The van der Waals surface area contributed by atoms with Crippen molar-refractivity contribution in [2.45, 2.75) is 26.2 Å². The third kappa shape index (κ3) is 3.07. The predicted molar refractivity (Wildman–Crippen MR) is 80.0 cm³/mol. The largest absolute Gasteiger partial charge is 0.289 e. The minimum atomic E-state index is -0.468. The van der Waals surface area contributed by atoms with Gasteiger partial charge in [-0.2, -0.15) is 0 Å². The molecule has 0 atom stereocenters. The van der Waals surface area contributed by atoms with Crippen LogP contribution in [0.25, 0.3) is 0 Å². The van der Waals surface area contributed by atoms with E-state index in [1.807, 2.05) is 12.1 Å². The molecule has 0 spiro atoms. The summed E-state index contributed by atoms with van der Waals surface area (Å²) in [7, 11) is 0. The summed E-state index contributed by atoms with van der Waals surface area (Å²) in [6.45, 7) is 6.31. The van der Waals surface area contributed by atoms with Crippen LogP contribution in [-0.2, 0) is 5.41 Å². The summed E-state index contributed by atoms with van der Waals surface area (Å²) >= 11 is 5.96. The first-order valence-corrected chi connectivity index (χ1v) is 6.77. The second kappa shape index (κ2) is 5.37. The predicted octanol–water partition coefficient (Wildman–Crippen LogP) is 5.01. The van der Waals surface area contributed by atoms with Crippen molar-refractivity contribution in [3.8, 4) is 0 Å². The quantitative estimate of drug-likeness (QED) is 0.711. The van der Waals surface area contributed by atoms with Crippen LogP contribution in [0.15, 0.2) is 42.5 Å². The molecule has 2 aromatic carbocycles. The van der Waals surface area contributed by atoms with Gasteiger partial charge in [0.15, 0.2) is 5.78 Å². The summed E-state index contributed by atoms with van der Waals surface area (Å²) in [6, 6.07) is 11.1. The molecule has 0 saturated heterocycles. The average molecular weight is 291 g/mol. The van der Waals surface area contributed by atoms with Crippen molar-refractivity contribution in [1.29, 1.82) is 0 Å². The van der Waals surface area contributed by atoms with E-state index in [-0.39, 0.29) is 21.8 Å². The van der Waals surface area contributed by atoms with Crippen LogP contribution in [0.3, 0.4) is 0 Å². The maximum Gasteiger partial charge on any atom is 0.194 e. The topological polar surface area (TPSA) is 17.1 Å². The lowest BCUT2D eigenvalue weighted by atomic mass is 9.86. The Hall–Kier alpha value is -1.67. The zero-order chi connectivity index (χ0) is 14.9. The summed E-state index contributed by atoms with van der Waals surface area (Å²) in [5.74, 6) is -0.737. The molecule has 0 aliphatic carbocycles. The Kier molecular flexibility index (Phi) is 3.96. The number of hydrogen-bond acceptors (Lipinski definition) is 1. The lowest BCUT2D eigenvalue weighted by Gasteiger charge is -2.19. The molecule has 20 heavy (non-hydrogen) atoms. The van der Waals surface area contributed by atoms with Crippen LogP contribution in [-0.4, -0.2) is 5.78 Å². The number of carbonyl (C=O) groups excluding carboxylic acids is 1. The van der Waals surface area contributed by atoms with Crippen LogP contribution in [0.4, 0.5) is 4.39 Å². The number of hydrogen-bond donors (Lipinski definition) is 0. The molecule has 104 valence electrons. The number of ketones is 1. The maximum absolute atomic E-state index is 13.2. The Labute approximate surface area is 123 Å². The number of carbonyl (C=O) groups is 1. The Morgan fingerprint density at radius 3 is 2.20 bits per heavy atom. The maximum atomic E-state index is 13.2. The molecule has 0 N–H and O–H groups in total. The van der Waals surface area contributed by atoms with Crippen molar-refractivity contribution >= 4 is 17.4 Å². The summed E-state index contributed by atoms with van der Waals surface area (Å²) in [6.07, 6.45) is 0. The molecule has 0 heterocycles. The van der Waals surface area contributed by atoms with Gasteiger partial charge in [-0.1, -0.05) is 56.6 Å². The minimum absolute atomic E-state index is 0.0259. The van der Waals surface area contributed by atoms with Crippen molar-refractivity contribution in [2.75, 3.05) is 0 Å². The van der Waals surface area contributed by atoms with Gasteiger partial charge in [0.2, 0.25) is 0 Å². The lowest BCUT2D eigenvalue weighted by Crippen LogP contribution is -2.11. The van der Waals surface area contributed by atoms with E-state index in [4.69, 9.17) is 11.6 Å². The van der Waals surface area contributed by atoms with Crippen molar-refractivity contribution in [3.63, 3.8) is 0 Å². The molecule has 0 amide bonds. The summed E-state index contributed by atoms with van der Waals surface area (Å²) in [5.41, 5.74) is 1.86. The Bertz CT molecular complexity index is 639. The summed E-state index contributed by atoms with van der Waals surface area (Å²) in [5, 5.41) is 0.260. The highest BCUT2D eigenvalue weighted by molar-refractivity contribution is 6.34. The fourth-order valence-electron chi connectivity index (χ4n) is 1.95. The number of benzene rings is 2. The molecule has 0 fully saturated rings. The highest BCUT2D eigenvalue weighted by atomic mass is 35.5. The van der Waals surface area contributed by atoms with E-state index in [0.717, 1.165) is 5.56 Å². The third-order valence-corrected chi connectivity index (χ3v) is 3.52. The normalized spacial score (nSPS) is 11.4. The van der Waals surface area contributed by atoms with Crippen LogP contribution in [0.2, 0.25) is 5.02 Å². The highest BCUT2D eigenvalue weighted by Crippen LogP contribution is 2.24. The van der Waals surface area contributed by atoms with Gasteiger partial charge in [0.05, 0.1) is 5.02 Å². The Morgan fingerprint density at radius 2 is 1.65 bits per heavy atom. The van der Waals surface area contributed by atoms with Gasteiger partial charge < -0.3 is 0 Å². The molecule has 0 radical (unpaired) electrons. The van der Waals surface area contributed by atoms with Gasteiger partial charge in [-0.05, 0) is 29.2 Å². The van der Waals surface area contributed by atoms with E-state index >= 15 is 0 Å². The zero-order valence-corrected chi connectivity index (χ0v) is 12.5. The molecule has 0 unspecified atom stereocenters. The first-order valence-electron chi connectivity index (χ1n) is 6.39. The Balaban J connectivity index is 2.37. The third-order valence-electron chi connectivity index (χ3n) is 3.19. The second-order valence-electron chi connectivity index (χ2n) is 5.78. The van der Waals surface area contributed by atoms with Crippen molar-refractivity contribution < 1.29 is 9.18 Å². The molecule has 0 saturated carbocycles. The first kappa shape index (κ1) is 14.7. The standard InChI is InChI=1S/C17H16ClFO/c1-17(2,3)12-6-4-11(5-7-12)16(20)14-10-13(19)8-9-15(14)18/h4-10H,1-3H3. The van der Waals surface area contributed by atoms with E-state index in [9.17, 15) is 9.18 Å². The summed E-state index contributed by atoms with van der Waals surface area (Å²) in [4.78, 5) is 12.3. The molecule has 1 nitrogen and oxygen atoms in total. The first-order chi connectivity index (χ1) is 9.29. The van der Waals surface area contributed by atoms with Gasteiger partial charge in [-0.15, -0.1) is 0 Å². The highest BCUT2D eigenvalue weighted by Gasteiger charge is 2.16. The number of halogens is 2. The minimum Gasteiger partial charge on any atom is -0.289 e. The van der Waals surface area contributed by atoms with E-state index < -0.39 is 5.82 Å². The van der Waals surface area contributed by atoms with Crippen LogP contribution in [0.1, 0.15) is 42.3 Å². The van der Waals surface area contributed by atoms with E-state index in [1.54, 1.807) is 12.1 Å². The van der Waals surface area contributed by atoms with Gasteiger partial charge in [0, 0.05) is 11.1 Å². The van der Waals surface area contributed by atoms with Gasteiger partial charge in [0.25, 0.3) is 0 Å². The molecule has 0 bridgehead atoms. The van der Waals surface area contributed by atoms with Crippen molar-refractivity contribution in [3.05, 3.63) is 70.0 Å². The SMILES string of the molecule is CC(C)(C)c1ccc(C(=O)c2cc(F)ccc2Cl)cc1. The molecule has 2 rings (SSSR count). The zero-order valence-electron chi connectivity index (χ0n) is 11.7. The van der Waals surface area contributed by atoms with Crippen LogP contribution in [0.5, 0.6) is 0 Å². The fourth-order valence-corrected chi connectivity index (χ4v) is 2.15. The molecular weight excluding hydrogens is 275 g/mol. The molecule has 2 aromatic rings. The molecule has 0 aliphatic heterocycles. The second-order valence-corrected chi connectivity index (χ2v) is 6.19. The molecule has 0 aromatic heterocycles. The molecular formula is C17H16ClFO. The number of rotatable bonds is 2.